The molecule has 1 saturated heterocycles. The minimum atomic E-state index is -0.325. The first kappa shape index (κ1) is 17.5. The molecule has 0 aromatic heterocycles. The molecule has 1 N–H and O–H groups in total. The van der Waals surface area contributed by atoms with Crippen LogP contribution in [0, 0.1) is 6.92 Å². The van der Waals surface area contributed by atoms with Crippen molar-refractivity contribution in [1.29, 1.82) is 0 Å². The number of amides is 2. The maximum atomic E-state index is 12.8. The van der Waals surface area contributed by atoms with Gasteiger partial charge in [0.2, 0.25) is 11.8 Å². The van der Waals surface area contributed by atoms with E-state index in [0.29, 0.717) is 6.04 Å². The Morgan fingerprint density at radius 3 is 2.65 bits per heavy atom. The van der Waals surface area contributed by atoms with Crippen molar-refractivity contribution in [2.24, 2.45) is 0 Å². The summed E-state index contributed by atoms with van der Waals surface area (Å²) in [6.45, 7) is 7.51. The van der Waals surface area contributed by atoms with E-state index in [4.69, 9.17) is 0 Å². The Balaban J connectivity index is 1.47. The van der Waals surface area contributed by atoms with E-state index in [1.165, 1.54) is 11.1 Å². The van der Waals surface area contributed by atoms with Crippen molar-refractivity contribution in [2.75, 3.05) is 31.5 Å². The maximum Gasteiger partial charge on any atom is 0.235 e. The summed E-state index contributed by atoms with van der Waals surface area (Å²) in [5.41, 5.74) is 3.16. The molecule has 1 aromatic carbocycles. The van der Waals surface area contributed by atoms with Crippen LogP contribution in [-0.4, -0.2) is 53.8 Å². The van der Waals surface area contributed by atoms with E-state index in [1.807, 2.05) is 17.0 Å². The second-order valence-corrected chi connectivity index (χ2v) is 8.16. The summed E-state index contributed by atoms with van der Waals surface area (Å²) in [4.78, 5) is 29.0. The van der Waals surface area contributed by atoms with E-state index in [1.54, 1.807) is 6.92 Å². The maximum absolute atomic E-state index is 12.8. The molecular formula is C21H29N3O2. The monoisotopic (exact) mass is 355 g/mol. The smallest absolute Gasteiger partial charge is 0.235 e. The molecule has 1 saturated carbocycles. The lowest BCUT2D eigenvalue weighted by Gasteiger charge is -2.41. The zero-order valence-electron chi connectivity index (χ0n) is 15.9. The van der Waals surface area contributed by atoms with Crippen molar-refractivity contribution in [3.63, 3.8) is 0 Å². The average molecular weight is 355 g/mol. The van der Waals surface area contributed by atoms with Crippen LogP contribution in [0.1, 0.15) is 50.2 Å². The molecule has 1 aromatic rings. The van der Waals surface area contributed by atoms with E-state index >= 15 is 0 Å². The fourth-order valence-corrected chi connectivity index (χ4v) is 5.32. The predicted molar refractivity (Wildman–Crippen MR) is 102 cm³/mol. The van der Waals surface area contributed by atoms with Crippen molar-refractivity contribution in [2.45, 2.75) is 57.4 Å². The van der Waals surface area contributed by atoms with Crippen molar-refractivity contribution in [3.05, 3.63) is 29.3 Å². The second-order valence-electron chi connectivity index (χ2n) is 8.16. The standard InChI is InChI=1S/C21H29N3O2/c1-15-5-3-6-18-19(15)21(20(26)22-18)9-7-17(8-10-21)24-12-4-11-23(13-14-24)16(2)25/h3,5-6,17H,4,7-14H2,1-2H3,(H,22,26). The summed E-state index contributed by atoms with van der Waals surface area (Å²) in [7, 11) is 0. The Labute approximate surface area is 155 Å². The molecule has 4 rings (SSSR count). The van der Waals surface area contributed by atoms with Gasteiger partial charge in [-0.1, -0.05) is 12.1 Å². The van der Waals surface area contributed by atoms with Crippen molar-refractivity contribution in [3.8, 4) is 0 Å². The van der Waals surface area contributed by atoms with Gasteiger partial charge >= 0.3 is 0 Å². The van der Waals surface area contributed by atoms with Gasteiger partial charge in [0, 0.05) is 44.8 Å². The highest BCUT2D eigenvalue weighted by Crippen LogP contribution is 2.49. The largest absolute Gasteiger partial charge is 0.342 e. The number of rotatable bonds is 1. The minimum Gasteiger partial charge on any atom is -0.342 e. The molecule has 0 bridgehead atoms. The molecule has 2 aliphatic heterocycles. The third-order valence-electron chi connectivity index (χ3n) is 6.74. The Bertz CT molecular complexity index is 722. The molecule has 0 unspecified atom stereocenters. The number of hydrogen-bond donors (Lipinski definition) is 1. The number of carbonyl (C=O) groups is 2. The van der Waals surface area contributed by atoms with Gasteiger partial charge in [0.1, 0.15) is 0 Å². The fraction of sp³-hybridized carbons (Fsp3) is 0.619. The highest BCUT2D eigenvalue weighted by molar-refractivity contribution is 6.06. The van der Waals surface area contributed by atoms with Gasteiger partial charge in [-0.25, -0.2) is 0 Å². The third-order valence-corrected chi connectivity index (χ3v) is 6.74. The third kappa shape index (κ3) is 2.82. The number of nitrogens with zero attached hydrogens (tertiary/aromatic N) is 2. The molecule has 26 heavy (non-hydrogen) atoms. The lowest BCUT2D eigenvalue weighted by atomic mass is 9.67. The van der Waals surface area contributed by atoms with Gasteiger partial charge in [0.05, 0.1) is 5.41 Å². The first-order valence-corrected chi connectivity index (χ1v) is 9.92. The molecule has 5 heteroatoms. The molecule has 2 fully saturated rings. The van der Waals surface area contributed by atoms with Crippen LogP contribution < -0.4 is 5.32 Å². The summed E-state index contributed by atoms with van der Waals surface area (Å²) in [6, 6.07) is 6.72. The number of aryl methyl sites for hydroxylation is 1. The van der Waals surface area contributed by atoms with Crippen LogP contribution >= 0.6 is 0 Å². The van der Waals surface area contributed by atoms with Crippen molar-refractivity contribution < 1.29 is 9.59 Å². The average Bonchev–Trinajstić information content (AvgIpc) is 2.79. The van der Waals surface area contributed by atoms with Crippen molar-refractivity contribution >= 4 is 17.5 Å². The molecule has 2 heterocycles. The fourth-order valence-electron chi connectivity index (χ4n) is 5.32. The van der Waals surface area contributed by atoms with E-state index in [0.717, 1.165) is 64.0 Å². The SMILES string of the molecule is CC(=O)N1CCCN(C2CCC3(CC2)C(=O)Nc2cccc(C)c23)CC1. The highest BCUT2D eigenvalue weighted by atomic mass is 16.2. The Hall–Kier alpha value is -1.88. The Morgan fingerprint density at radius 2 is 1.92 bits per heavy atom. The molecule has 0 radical (unpaired) electrons. The topological polar surface area (TPSA) is 52.7 Å². The van der Waals surface area contributed by atoms with E-state index in [9.17, 15) is 9.59 Å². The van der Waals surface area contributed by atoms with Gasteiger partial charge in [-0.3, -0.25) is 14.5 Å². The quantitative estimate of drug-likeness (QED) is 0.843. The van der Waals surface area contributed by atoms with E-state index in [2.05, 4.69) is 23.2 Å². The van der Waals surface area contributed by atoms with Gasteiger partial charge in [-0.15, -0.1) is 0 Å². The van der Waals surface area contributed by atoms with Crippen LogP contribution in [0.2, 0.25) is 0 Å². The number of fused-ring (bicyclic) bond motifs is 2. The molecular weight excluding hydrogens is 326 g/mol. The van der Waals surface area contributed by atoms with E-state index < -0.39 is 0 Å². The normalized spacial score (nSPS) is 29.4. The lowest BCUT2D eigenvalue weighted by molar-refractivity contribution is -0.128. The molecule has 0 atom stereocenters. The second kappa shape index (κ2) is 6.69. The van der Waals surface area contributed by atoms with Gasteiger partial charge < -0.3 is 10.2 Å². The Kier molecular flexibility index (Phi) is 4.51. The molecule has 2 amide bonds. The lowest BCUT2D eigenvalue weighted by Crippen LogP contribution is -2.46. The molecule has 1 spiro atoms. The van der Waals surface area contributed by atoms with Gasteiger partial charge in [0.15, 0.2) is 0 Å². The zero-order chi connectivity index (χ0) is 18.3. The summed E-state index contributed by atoms with van der Waals surface area (Å²) < 4.78 is 0. The molecule has 1 aliphatic carbocycles. The summed E-state index contributed by atoms with van der Waals surface area (Å²) in [6.07, 6.45) is 5.01. The van der Waals surface area contributed by atoms with Crippen molar-refractivity contribution in [1.82, 2.24) is 9.80 Å². The molecule has 5 nitrogen and oxygen atoms in total. The van der Waals surface area contributed by atoms with Crippen LogP contribution in [-0.2, 0) is 15.0 Å². The van der Waals surface area contributed by atoms with Crippen LogP contribution in [0.25, 0.3) is 0 Å². The van der Waals surface area contributed by atoms with Crippen LogP contribution in [0.3, 0.4) is 0 Å². The van der Waals surface area contributed by atoms with Crippen LogP contribution in [0.5, 0.6) is 0 Å². The molecule has 3 aliphatic rings. The summed E-state index contributed by atoms with van der Waals surface area (Å²) in [5.74, 6) is 0.378. The number of benzene rings is 1. The van der Waals surface area contributed by atoms with Gasteiger partial charge in [-0.05, 0) is 56.2 Å². The number of nitrogens with one attached hydrogen (secondary N) is 1. The predicted octanol–water partition coefficient (Wildman–Crippen LogP) is 2.68. The first-order chi connectivity index (χ1) is 12.5. The Morgan fingerprint density at radius 1 is 1.15 bits per heavy atom. The summed E-state index contributed by atoms with van der Waals surface area (Å²) in [5, 5.41) is 3.12. The number of anilines is 1. The van der Waals surface area contributed by atoms with Gasteiger partial charge in [0.25, 0.3) is 0 Å². The molecule has 140 valence electrons. The zero-order valence-corrected chi connectivity index (χ0v) is 15.9. The van der Waals surface area contributed by atoms with Crippen LogP contribution in [0.4, 0.5) is 5.69 Å². The number of carbonyl (C=O) groups excluding carboxylic acids is 2. The summed E-state index contributed by atoms with van der Waals surface area (Å²) >= 11 is 0. The van der Waals surface area contributed by atoms with E-state index in [-0.39, 0.29) is 17.2 Å². The van der Waals surface area contributed by atoms with Crippen LogP contribution in [0.15, 0.2) is 18.2 Å². The minimum absolute atomic E-state index is 0.184. The highest BCUT2D eigenvalue weighted by Gasteiger charge is 2.49. The van der Waals surface area contributed by atoms with Gasteiger partial charge in [-0.2, -0.15) is 0 Å². The number of hydrogen-bond acceptors (Lipinski definition) is 3. The first-order valence-electron chi connectivity index (χ1n) is 9.92.